The third-order valence-electron chi connectivity index (χ3n) is 2.81. The average Bonchev–Trinajstić information content (AvgIpc) is 2.72. The molecule has 0 saturated heterocycles. The van der Waals surface area contributed by atoms with E-state index in [9.17, 15) is 5.11 Å². The van der Waals surface area contributed by atoms with Crippen LogP contribution in [-0.2, 0) is 12.6 Å². The van der Waals surface area contributed by atoms with Crippen LogP contribution in [0.4, 0.5) is 0 Å². The number of rotatable bonds is 3. The summed E-state index contributed by atoms with van der Waals surface area (Å²) in [6, 6.07) is 3.60. The molecule has 0 saturated carbocycles. The fourth-order valence-corrected chi connectivity index (χ4v) is 1.91. The minimum atomic E-state index is -1.19. The van der Waals surface area contributed by atoms with E-state index in [2.05, 4.69) is 10.1 Å². The van der Waals surface area contributed by atoms with Crippen LogP contribution in [-0.4, -0.2) is 27.0 Å². The van der Waals surface area contributed by atoms with Gasteiger partial charge in [0.2, 0.25) is 0 Å². The van der Waals surface area contributed by atoms with Crippen molar-refractivity contribution in [1.82, 2.24) is 14.8 Å². The highest BCUT2D eigenvalue weighted by Crippen LogP contribution is 2.34. The van der Waals surface area contributed by atoms with Crippen molar-refractivity contribution in [2.75, 3.05) is 7.11 Å². The Morgan fingerprint density at radius 1 is 1.41 bits per heavy atom. The Bertz CT molecular complexity index is 506. The van der Waals surface area contributed by atoms with Gasteiger partial charge in [-0.25, -0.2) is 0 Å². The molecule has 0 aliphatic rings. The lowest BCUT2D eigenvalue weighted by molar-refractivity contribution is 0.0893. The predicted molar refractivity (Wildman–Crippen MR) is 62.7 cm³/mol. The highest BCUT2D eigenvalue weighted by atomic mass is 16.5. The van der Waals surface area contributed by atoms with Crippen molar-refractivity contribution < 1.29 is 9.84 Å². The van der Waals surface area contributed by atoms with Gasteiger partial charge in [-0.3, -0.25) is 9.67 Å². The first-order valence-corrected chi connectivity index (χ1v) is 5.26. The SMILES string of the molecule is COc1cnn(C)c1C(C)(O)c1cccnc1. The molecule has 0 bridgehead atoms. The maximum absolute atomic E-state index is 10.7. The zero-order valence-electron chi connectivity index (χ0n) is 10.1. The van der Waals surface area contributed by atoms with E-state index < -0.39 is 5.60 Å². The second kappa shape index (κ2) is 4.18. The van der Waals surface area contributed by atoms with Crippen LogP contribution in [0, 0.1) is 0 Å². The number of methoxy groups -OCH3 is 1. The van der Waals surface area contributed by atoms with Gasteiger partial charge in [-0.15, -0.1) is 0 Å². The molecule has 2 aromatic rings. The number of aromatic nitrogens is 3. The molecule has 0 aliphatic carbocycles. The normalized spacial score (nSPS) is 14.4. The van der Waals surface area contributed by atoms with Crippen LogP contribution in [0.2, 0.25) is 0 Å². The molecule has 0 amide bonds. The number of aliphatic hydroxyl groups is 1. The summed E-state index contributed by atoms with van der Waals surface area (Å²) < 4.78 is 6.81. The zero-order chi connectivity index (χ0) is 12.5. The van der Waals surface area contributed by atoms with Crippen molar-refractivity contribution in [3.8, 4) is 5.75 Å². The fraction of sp³-hybridized carbons (Fsp3) is 0.333. The monoisotopic (exact) mass is 233 g/mol. The summed E-state index contributed by atoms with van der Waals surface area (Å²) >= 11 is 0. The lowest BCUT2D eigenvalue weighted by Crippen LogP contribution is -2.26. The molecular formula is C12H15N3O2. The zero-order valence-corrected chi connectivity index (χ0v) is 10.1. The second-order valence-electron chi connectivity index (χ2n) is 4.00. The van der Waals surface area contributed by atoms with Gasteiger partial charge in [-0.1, -0.05) is 6.07 Å². The largest absolute Gasteiger partial charge is 0.493 e. The van der Waals surface area contributed by atoms with Crippen LogP contribution in [0.5, 0.6) is 5.75 Å². The first-order chi connectivity index (χ1) is 8.07. The first-order valence-electron chi connectivity index (χ1n) is 5.26. The molecule has 90 valence electrons. The van der Waals surface area contributed by atoms with Gasteiger partial charge in [0.15, 0.2) is 5.75 Å². The molecule has 0 radical (unpaired) electrons. The van der Waals surface area contributed by atoms with Gasteiger partial charge in [0.25, 0.3) is 0 Å². The van der Waals surface area contributed by atoms with E-state index in [0.717, 1.165) is 0 Å². The van der Waals surface area contributed by atoms with E-state index in [4.69, 9.17) is 4.74 Å². The lowest BCUT2D eigenvalue weighted by atomic mass is 9.93. The first kappa shape index (κ1) is 11.6. The number of hydrogen-bond acceptors (Lipinski definition) is 4. The van der Waals surface area contributed by atoms with Crippen LogP contribution in [0.3, 0.4) is 0 Å². The van der Waals surface area contributed by atoms with Gasteiger partial charge < -0.3 is 9.84 Å². The molecule has 0 spiro atoms. The van der Waals surface area contributed by atoms with Crippen molar-refractivity contribution in [2.45, 2.75) is 12.5 Å². The molecule has 2 aromatic heterocycles. The van der Waals surface area contributed by atoms with Crippen molar-refractivity contribution in [2.24, 2.45) is 7.05 Å². The quantitative estimate of drug-likeness (QED) is 0.861. The molecule has 0 aliphatic heterocycles. The summed E-state index contributed by atoms with van der Waals surface area (Å²) in [6.07, 6.45) is 4.88. The topological polar surface area (TPSA) is 60.2 Å². The summed E-state index contributed by atoms with van der Waals surface area (Å²) in [5, 5.41) is 14.7. The van der Waals surface area contributed by atoms with Crippen LogP contribution in [0.1, 0.15) is 18.2 Å². The van der Waals surface area contributed by atoms with E-state index in [1.54, 1.807) is 50.4 Å². The van der Waals surface area contributed by atoms with Gasteiger partial charge in [0.05, 0.1) is 13.3 Å². The predicted octanol–water partition coefficient (Wildman–Crippen LogP) is 1.08. The van der Waals surface area contributed by atoms with Crippen LogP contribution in [0.15, 0.2) is 30.7 Å². The number of nitrogens with zero attached hydrogens (tertiary/aromatic N) is 3. The Balaban J connectivity index is 2.55. The van der Waals surface area contributed by atoms with E-state index in [1.165, 1.54) is 0 Å². The van der Waals surface area contributed by atoms with Gasteiger partial charge in [-0.2, -0.15) is 5.10 Å². The maximum Gasteiger partial charge on any atom is 0.163 e. The van der Waals surface area contributed by atoms with E-state index in [0.29, 0.717) is 17.0 Å². The Morgan fingerprint density at radius 2 is 2.18 bits per heavy atom. The molecule has 0 fully saturated rings. The number of ether oxygens (including phenoxy) is 1. The summed E-state index contributed by atoms with van der Waals surface area (Å²) in [5.41, 5.74) is 0.111. The van der Waals surface area contributed by atoms with E-state index in [-0.39, 0.29) is 0 Å². The van der Waals surface area contributed by atoms with Crippen LogP contribution < -0.4 is 4.74 Å². The highest BCUT2D eigenvalue weighted by Gasteiger charge is 2.32. The maximum atomic E-state index is 10.7. The average molecular weight is 233 g/mol. The summed E-state index contributed by atoms with van der Waals surface area (Å²) in [4.78, 5) is 4.02. The molecule has 1 N–H and O–H groups in total. The van der Waals surface area contributed by atoms with Gasteiger partial charge in [-0.05, 0) is 13.0 Å². The van der Waals surface area contributed by atoms with Crippen molar-refractivity contribution in [1.29, 1.82) is 0 Å². The molecule has 0 aromatic carbocycles. The molecule has 17 heavy (non-hydrogen) atoms. The Morgan fingerprint density at radius 3 is 2.76 bits per heavy atom. The standard InChI is InChI=1S/C12H15N3O2/c1-12(16,9-5-4-6-13-7-9)11-10(17-3)8-14-15(11)2/h4-8,16H,1-3H3. The number of hydrogen-bond donors (Lipinski definition) is 1. The molecule has 5 heteroatoms. The van der Waals surface area contributed by atoms with Crippen LogP contribution >= 0.6 is 0 Å². The summed E-state index contributed by atoms with van der Waals surface area (Å²) in [7, 11) is 3.32. The summed E-state index contributed by atoms with van der Waals surface area (Å²) in [5.74, 6) is 0.557. The Labute approximate surface area is 99.7 Å². The van der Waals surface area contributed by atoms with Crippen molar-refractivity contribution in [3.05, 3.63) is 42.0 Å². The van der Waals surface area contributed by atoms with Gasteiger partial charge in [0.1, 0.15) is 11.3 Å². The lowest BCUT2D eigenvalue weighted by Gasteiger charge is -2.24. The van der Waals surface area contributed by atoms with Gasteiger partial charge >= 0.3 is 0 Å². The molecule has 2 rings (SSSR count). The number of pyridine rings is 1. The second-order valence-corrected chi connectivity index (χ2v) is 4.00. The molecular weight excluding hydrogens is 218 g/mol. The Hall–Kier alpha value is -1.88. The Kier molecular flexibility index (Phi) is 2.85. The van der Waals surface area contributed by atoms with E-state index >= 15 is 0 Å². The molecule has 1 unspecified atom stereocenters. The van der Waals surface area contributed by atoms with Crippen molar-refractivity contribution in [3.63, 3.8) is 0 Å². The van der Waals surface area contributed by atoms with Crippen LogP contribution in [0.25, 0.3) is 0 Å². The van der Waals surface area contributed by atoms with Gasteiger partial charge in [0, 0.05) is 25.0 Å². The summed E-state index contributed by atoms with van der Waals surface area (Å²) in [6.45, 7) is 1.70. The van der Waals surface area contributed by atoms with Crippen molar-refractivity contribution >= 4 is 0 Å². The smallest absolute Gasteiger partial charge is 0.163 e. The molecule has 1 atom stereocenters. The minimum absolute atomic E-state index is 0.557. The molecule has 2 heterocycles. The number of aryl methyl sites for hydroxylation is 1. The third kappa shape index (κ3) is 1.89. The van der Waals surface area contributed by atoms with E-state index in [1.807, 2.05) is 6.07 Å². The fourth-order valence-electron chi connectivity index (χ4n) is 1.91. The highest BCUT2D eigenvalue weighted by molar-refractivity contribution is 5.38. The molecule has 5 nitrogen and oxygen atoms in total. The third-order valence-corrected chi connectivity index (χ3v) is 2.81. The minimum Gasteiger partial charge on any atom is -0.493 e.